The second-order valence-corrected chi connectivity index (χ2v) is 9.82. The Balaban J connectivity index is 1.83. The number of primary amides is 2. The quantitative estimate of drug-likeness (QED) is 0.198. The Morgan fingerprint density at radius 1 is 0.949 bits per heavy atom. The van der Waals surface area contributed by atoms with Crippen LogP contribution in [-0.2, 0) is 9.59 Å². The number of carbonyl (C=O) groups is 5. The van der Waals surface area contributed by atoms with Crippen molar-refractivity contribution in [2.75, 3.05) is 23.0 Å². The van der Waals surface area contributed by atoms with E-state index in [1.54, 1.807) is 54.4 Å². The SMILES string of the molecule is CC(=O)N[C@@H](CSc1ccc(C(N)=O)c2c1Nc1c(C(N)=O)cc(C(=O)c3ccccc3)cc1N2C)C(=O)O. The van der Waals surface area contributed by atoms with Crippen molar-refractivity contribution in [1.29, 1.82) is 0 Å². The van der Waals surface area contributed by atoms with Gasteiger partial charge in [0.2, 0.25) is 5.91 Å². The summed E-state index contributed by atoms with van der Waals surface area (Å²) in [4.78, 5) is 63.3. The Morgan fingerprint density at radius 3 is 2.21 bits per heavy atom. The van der Waals surface area contributed by atoms with Gasteiger partial charge in [0, 0.05) is 35.7 Å². The van der Waals surface area contributed by atoms with Crippen LogP contribution in [0.3, 0.4) is 0 Å². The number of anilines is 4. The number of carbonyl (C=O) groups excluding carboxylic acids is 4. The van der Waals surface area contributed by atoms with Crippen LogP contribution in [0.4, 0.5) is 22.7 Å². The highest BCUT2D eigenvalue weighted by atomic mass is 32.2. The molecule has 0 fully saturated rings. The van der Waals surface area contributed by atoms with E-state index < -0.39 is 29.7 Å². The van der Waals surface area contributed by atoms with E-state index >= 15 is 0 Å². The zero-order valence-electron chi connectivity index (χ0n) is 21.0. The molecule has 12 heteroatoms. The molecule has 3 aromatic rings. The van der Waals surface area contributed by atoms with Crippen molar-refractivity contribution in [3.63, 3.8) is 0 Å². The number of ketones is 1. The van der Waals surface area contributed by atoms with Gasteiger partial charge in [-0.05, 0) is 24.3 Å². The van der Waals surface area contributed by atoms with Gasteiger partial charge in [-0.25, -0.2) is 4.79 Å². The van der Waals surface area contributed by atoms with Crippen LogP contribution >= 0.6 is 11.8 Å². The molecule has 1 aliphatic heterocycles. The minimum atomic E-state index is -1.21. The monoisotopic (exact) mass is 547 g/mol. The Bertz CT molecular complexity index is 1520. The Morgan fingerprint density at radius 2 is 1.62 bits per heavy atom. The van der Waals surface area contributed by atoms with E-state index in [0.29, 0.717) is 33.2 Å². The highest BCUT2D eigenvalue weighted by Crippen LogP contribution is 2.50. The van der Waals surface area contributed by atoms with Crippen molar-refractivity contribution < 1.29 is 29.1 Å². The number of rotatable bonds is 9. The van der Waals surface area contributed by atoms with Crippen LogP contribution in [0.2, 0.25) is 0 Å². The Hall–Kier alpha value is -4.84. The highest BCUT2D eigenvalue weighted by molar-refractivity contribution is 7.99. The average Bonchev–Trinajstić information content (AvgIpc) is 2.90. The lowest BCUT2D eigenvalue weighted by Crippen LogP contribution is -2.41. The number of hydrogen-bond acceptors (Lipinski definition) is 8. The molecule has 39 heavy (non-hydrogen) atoms. The zero-order valence-corrected chi connectivity index (χ0v) is 21.8. The van der Waals surface area contributed by atoms with Crippen molar-refractivity contribution in [1.82, 2.24) is 5.32 Å². The van der Waals surface area contributed by atoms with Crippen molar-refractivity contribution in [2.45, 2.75) is 17.9 Å². The van der Waals surface area contributed by atoms with Gasteiger partial charge in [-0.2, -0.15) is 0 Å². The number of nitrogens with one attached hydrogen (secondary N) is 2. The first-order valence-electron chi connectivity index (χ1n) is 11.7. The first kappa shape index (κ1) is 27.2. The fourth-order valence-electron chi connectivity index (χ4n) is 4.30. The number of aliphatic carboxylic acids is 1. The normalized spacial score (nSPS) is 12.4. The Kier molecular flexibility index (Phi) is 7.58. The van der Waals surface area contributed by atoms with Crippen LogP contribution in [0.5, 0.6) is 0 Å². The lowest BCUT2D eigenvalue weighted by Gasteiger charge is -2.34. The smallest absolute Gasteiger partial charge is 0.327 e. The third kappa shape index (κ3) is 5.41. The molecule has 0 radical (unpaired) electrons. The van der Waals surface area contributed by atoms with Crippen molar-refractivity contribution in [3.8, 4) is 0 Å². The molecule has 200 valence electrons. The summed E-state index contributed by atoms with van der Waals surface area (Å²) in [5, 5.41) is 15.0. The molecule has 0 aliphatic carbocycles. The highest BCUT2D eigenvalue weighted by Gasteiger charge is 2.31. The molecule has 4 rings (SSSR count). The predicted molar refractivity (Wildman–Crippen MR) is 147 cm³/mol. The second-order valence-electron chi connectivity index (χ2n) is 8.76. The molecule has 1 atom stereocenters. The molecule has 1 heterocycles. The van der Waals surface area contributed by atoms with Crippen molar-refractivity contribution in [3.05, 3.63) is 76.9 Å². The van der Waals surface area contributed by atoms with Gasteiger partial charge in [0.1, 0.15) is 6.04 Å². The number of hydrogen-bond donors (Lipinski definition) is 5. The number of nitrogens with zero attached hydrogens (tertiary/aromatic N) is 1. The van der Waals surface area contributed by atoms with E-state index in [1.807, 2.05) is 0 Å². The lowest BCUT2D eigenvalue weighted by atomic mass is 9.96. The molecule has 11 nitrogen and oxygen atoms in total. The predicted octanol–water partition coefficient (Wildman–Crippen LogP) is 2.62. The number of carboxylic acids is 1. The largest absolute Gasteiger partial charge is 0.480 e. The first-order chi connectivity index (χ1) is 18.5. The summed E-state index contributed by atoms with van der Waals surface area (Å²) in [6.45, 7) is 1.22. The van der Waals surface area contributed by atoms with E-state index in [-0.39, 0.29) is 28.2 Å². The molecule has 0 saturated carbocycles. The standard InChI is InChI=1S/C27H25N5O6S/c1-13(33)30-18(27(37)38)12-39-20-9-8-16(25(28)35)23-22(20)31-21-17(26(29)36)10-15(11-19(21)32(23)2)24(34)14-6-4-3-5-7-14/h3-11,18,31H,12H2,1-2H3,(H2,28,35)(H2,29,36)(H,30,33)(H,37,38)/t18-/m0/s1. The van der Waals surface area contributed by atoms with Crippen LogP contribution in [0.1, 0.15) is 43.6 Å². The summed E-state index contributed by atoms with van der Waals surface area (Å²) in [5.41, 5.74) is 13.7. The minimum absolute atomic E-state index is 0.0251. The van der Waals surface area contributed by atoms with Gasteiger partial charge < -0.3 is 32.1 Å². The zero-order chi connectivity index (χ0) is 28.4. The average molecular weight is 548 g/mol. The first-order valence-corrected chi connectivity index (χ1v) is 12.7. The minimum Gasteiger partial charge on any atom is -0.480 e. The van der Waals surface area contributed by atoms with E-state index in [1.165, 1.54) is 19.1 Å². The molecule has 0 saturated heterocycles. The fourth-order valence-corrected chi connectivity index (χ4v) is 5.33. The summed E-state index contributed by atoms with van der Waals surface area (Å²) in [6.07, 6.45) is 0. The summed E-state index contributed by atoms with van der Waals surface area (Å²) in [7, 11) is 1.65. The molecular formula is C27H25N5O6S. The van der Waals surface area contributed by atoms with Gasteiger partial charge in [0.25, 0.3) is 11.8 Å². The topological polar surface area (TPSA) is 185 Å². The third-order valence-electron chi connectivity index (χ3n) is 6.11. The molecular weight excluding hydrogens is 522 g/mol. The van der Waals surface area contributed by atoms with Crippen molar-refractivity contribution in [2.24, 2.45) is 11.5 Å². The molecule has 1 aliphatic rings. The number of amides is 3. The fraction of sp³-hybridized carbons (Fsp3) is 0.148. The second kappa shape index (κ2) is 10.9. The van der Waals surface area contributed by atoms with Gasteiger partial charge in [-0.3, -0.25) is 19.2 Å². The van der Waals surface area contributed by atoms with E-state index in [4.69, 9.17) is 11.5 Å². The summed E-state index contributed by atoms with van der Waals surface area (Å²) in [5.74, 6) is -3.54. The molecule has 0 aromatic heterocycles. The van der Waals surface area contributed by atoms with Gasteiger partial charge in [0.05, 0.1) is 33.9 Å². The van der Waals surface area contributed by atoms with Crippen LogP contribution in [0.25, 0.3) is 0 Å². The maximum absolute atomic E-state index is 13.2. The van der Waals surface area contributed by atoms with E-state index in [2.05, 4.69) is 10.6 Å². The van der Waals surface area contributed by atoms with Gasteiger partial charge in [-0.1, -0.05) is 30.3 Å². The summed E-state index contributed by atoms with van der Waals surface area (Å²) < 4.78 is 0. The van der Waals surface area contributed by atoms with Crippen LogP contribution in [0, 0.1) is 0 Å². The molecule has 3 aromatic carbocycles. The lowest BCUT2D eigenvalue weighted by molar-refractivity contribution is -0.140. The van der Waals surface area contributed by atoms with Gasteiger partial charge in [0.15, 0.2) is 5.78 Å². The maximum Gasteiger partial charge on any atom is 0.327 e. The third-order valence-corrected chi connectivity index (χ3v) is 7.27. The van der Waals surface area contributed by atoms with Crippen LogP contribution in [0.15, 0.2) is 59.5 Å². The van der Waals surface area contributed by atoms with E-state index in [0.717, 1.165) is 11.8 Å². The maximum atomic E-state index is 13.2. The number of fused-ring (bicyclic) bond motifs is 2. The van der Waals surface area contributed by atoms with Gasteiger partial charge >= 0.3 is 5.97 Å². The van der Waals surface area contributed by atoms with Gasteiger partial charge in [-0.15, -0.1) is 11.8 Å². The molecule has 0 spiro atoms. The number of carboxylic acid groups (broad SMARTS) is 1. The Labute approximate surface area is 227 Å². The van der Waals surface area contributed by atoms with Crippen LogP contribution in [-0.4, -0.2) is 53.4 Å². The van der Waals surface area contributed by atoms with Crippen LogP contribution < -0.4 is 27.0 Å². The van der Waals surface area contributed by atoms with E-state index in [9.17, 15) is 29.1 Å². The number of benzene rings is 3. The summed E-state index contributed by atoms with van der Waals surface area (Å²) >= 11 is 1.12. The molecule has 0 unspecified atom stereocenters. The molecule has 7 N–H and O–H groups in total. The number of nitrogens with two attached hydrogens (primary N) is 2. The summed E-state index contributed by atoms with van der Waals surface area (Å²) in [6, 6.07) is 13.5. The van der Waals surface area contributed by atoms with Crippen molar-refractivity contribution >= 4 is 64.0 Å². The molecule has 3 amide bonds. The number of thioether (sulfide) groups is 1. The molecule has 0 bridgehead atoms.